The van der Waals surface area contributed by atoms with E-state index in [1.807, 2.05) is 5.38 Å². The van der Waals surface area contributed by atoms with Crippen LogP contribution in [0.25, 0.3) is 0 Å². The predicted molar refractivity (Wildman–Crippen MR) is 59.3 cm³/mol. The number of carbonyl (C=O) groups excluding carboxylic acids is 1. The van der Waals surface area contributed by atoms with Gasteiger partial charge in [0.2, 0.25) is 0 Å². The van der Waals surface area contributed by atoms with Gasteiger partial charge in [0.25, 0.3) is 0 Å². The SMILES string of the molecule is O=C(c1sccc1Cl)C1CCNCC1. The number of hydrogen-bond donors (Lipinski definition) is 1. The van der Waals surface area contributed by atoms with Crippen LogP contribution in [0.15, 0.2) is 11.4 Å². The van der Waals surface area contributed by atoms with Gasteiger partial charge in [-0.25, -0.2) is 0 Å². The van der Waals surface area contributed by atoms with E-state index in [9.17, 15) is 4.79 Å². The first kappa shape index (κ1) is 10.1. The van der Waals surface area contributed by atoms with Crippen LogP contribution in [0, 0.1) is 5.92 Å². The molecule has 2 heterocycles. The summed E-state index contributed by atoms with van der Waals surface area (Å²) >= 11 is 7.38. The molecule has 0 bridgehead atoms. The number of rotatable bonds is 2. The molecule has 1 aromatic rings. The molecule has 0 radical (unpaired) electrons. The minimum Gasteiger partial charge on any atom is -0.317 e. The van der Waals surface area contributed by atoms with E-state index in [0.29, 0.717) is 5.02 Å². The van der Waals surface area contributed by atoms with Crippen molar-refractivity contribution in [3.8, 4) is 0 Å². The summed E-state index contributed by atoms with van der Waals surface area (Å²) in [6.45, 7) is 1.89. The van der Waals surface area contributed by atoms with Crippen molar-refractivity contribution in [2.24, 2.45) is 5.92 Å². The Balaban J connectivity index is 2.11. The lowest BCUT2D eigenvalue weighted by atomic mass is 9.93. The number of hydrogen-bond acceptors (Lipinski definition) is 3. The number of thiophene rings is 1. The second kappa shape index (κ2) is 4.43. The Morgan fingerprint density at radius 3 is 2.79 bits per heavy atom. The molecular formula is C10H12ClNOS. The fourth-order valence-electron chi connectivity index (χ4n) is 1.74. The van der Waals surface area contributed by atoms with Gasteiger partial charge in [0.1, 0.15) is 0 Å². The van der Waals surface area contributed by atoms with Crippen molar-refractivity contribution >= 4 is 28.7 Å². The summed E-state index contributed by atoms with van der Waals surface area (Å²) in [5, 5.41) is 5.73. The number of ketones is 1. The van der Waals surface area contributed by atoms with Gasteiger partial charge in [0.15, 0.2) is 5.78 Å². The minimum absolute atomic E-state index is 0.174. The summed E-state index contributed by atoms with van der Waals surface area (Å²) in [6.07, 6.45) is 1.88. The molecule has 1 fully saturated rings. The number of carbonyl (C=O) groups is 1. The van der Waals surface area contributed by atoms with Gasteiger partial charge in [-0.05, 0) is 37.4 Å². The molecule has 14 heavy (non-hydrogen) atoms. The van der Waals surface area contributed by atoms with Crippen molar-refractivity contribution in [3.63, 3.8) is 0 Å². The van der Waals surface area contributed by atoms with Crippen molar-refractivity contribution < 1.29 is 4.79 Å². The Labute approximate surface area is 92.3 Å². The fourth-order valence-corrected chi connectivity index (χ4v) is 2.91. The van der Waals surface area contributed by atoms with Crippen molar-refractivity contribution in [3.05, 3.63) is 21.3 Å². The smallest absolute Gasteiger partial charge is 0.177 e. The third-order valence-electron chi connectivity index (χ3n) is 2.55. The van der Waals surface area contributed by atoms with E-state index in [2.05, 4.69) is 5.32 Å². The Hall–Kier alpha value is -0.380. The molecule has 0 aromatic carbocycles. The first-order valence-electron chi connectivity index (χ1n) is 4.77. The quantitative estimate of drug-likeness (QED) is 0.790. The van der Waals surface area contributed by atoms with E-state index >= 15 is 0 Å². The van der Waals surface area contributed by atoms with Crippen LogP contribution in [0.5, 0.6) is 0 Å². The summed E-state index contributed by atoms with van der Waals surface area (Å²) in [5.74, 6) is 0.402. The van der Waals surface area contributed by atoms with Gasteiger partial charge in [-0.3, -0.25) is 4.79 Å². The van der Waals surface area contributed by atoms with Gasteiger partial charge < -0.3 is 5.32 Å². The maximum Gasteiger partial charge on any atom is 0.177 e. The van der Waals surface area contributed by atoms with Crippen LogP contribution in [0.3, 0.4) is 0 Å². The van der Waals surface area contributed by atoms with Crippen LogP contribution in [0.1, 0.15) is 22.5 Å². The second-order valence-corrected chi connectivity index (χ2v) is 4.81. The monoisotopic (exact) mass is 229 g/mol. The molecule has 2 rings (SSSR count). The van der Waals surface area contributed by atoms with Gasteiger partial charge in [0, 0.05) is 5.92 Å². The molecular weight excluding hydrogens is 218 g/mol. The van der Waals surface area contributed by atoms with Crippen molar-refractivity contribution in [1.29, 1.82) is 0 Å². The van der Waals surface area contributed by atoms with Gasteiger partial charge in [-0.2, -0.15) is 0 Å². The zero-order chi connectivity index (χ0) is 9.97. The highest BCUT2D eigenvalue weighted by molar-refractivity contribution is 7.12. The Kier molecular flexibility index (Phi) is 3.21. The lowest BCUT2D eigenvalue weighted by molar-refractivity contribution is 0.0899. The second-order valence-electron chi connectivity index (χ2n) is 3.49. The summed E-state index contributed by atoms with van der Waals surface area (Å²) in [4.78, 5) is 12.7. The van der Waals surface area contributed by atoms with Crippen LogP contribution < -0.4 is 5.32 Å². The lowest BCUT2D eigenvalue weighted by Gasteiger charge is -2.20. The zero-order valence-corrected chi connectivity index (χ0v) is 9.33. The van der Waals surface area contributed by atoms with E-state index in [-0.39, 0.29) is 11.7 Å². The van der Waals surface area contributed by atoms with Crippen molar-refractivity contribution in [2.75, 3.05) is 13.1 Å². The van der Waals surface area contributed by atoms with Gasteiger partial charge in [-0.1, -0.05) is 11.6 Å². The van der Waals surface area contributed by atoms with E-state index in [4.69, 9.17) is 11.6 Å². The molecule has 1 aliphatic heterocycles. The highest BCUT2D eigenvalue weighted by atomic mass is 35.5. The molecule has 0 unspecified atom stereocenters. The van der Waals surface area contributed by atoms with Crippen LogP contribution in [0.2, 0.25) is 5.02 Å². The van der Waals surface area contributed by atoms with Gasteiger partial charge in [-0.15, -0.1) is 11.3 Å². The summed E-state index contributed by atoms with van der Waals surface area (Å²) in [6, 6.07) is 1.79. The van der Waals surface area contributed by atoms with Crippen LogP contribution >= 0.6 is 22.9 Å². The van der Waals surface area contributed by atoms with E-state index in [0.717, 1.165) is 30.8 Å². The molecule has 1 aliphatic rings. The van der Waals surface area contributed by atoms with E-state index < -0.39 is 0 Å². The number of piperidine rings is 1. The average Bonchev–Trinajstić information content (AvgIpc) is 2.65. The molecule has 0 aliphatic carbocycles. The molecule has 0 spiro atoms. The Morgan fingerprint density at radius 1 is 1.50 bits per heavy atom. The first-order valence-corrected chi connectivity index (χ1v) is 6.02. The Morgan fingerprint density at radius 2 is 2.21 bits per heavy atom. The molecule has 4 heteroatoms. The predicted octanol–water partition coefficient (Wildman–Crippen LogP) is 2.58. The summed E-state index contributed by atoms with van der Waals surface area (Å²) < 4.78 is 0. The summed E-state index contributed by atoms with van der Waals surface area (Å²) in [7, 11) is 0. The van der Waals surface area contributed by atoms with E-state index in [1.165, 1.54) is 11.3 Å². The molecule has 1 saturated heterocycles. The van der Waals surface area contributed by atoms with Crippen molar-refractivity contribution in [1.82, 2.24) is 5.32 Å². The number of Topliss-reactive ketones (excluding diaryl/α,β-unsaturated/α-hetero) is 1. The average molecular weight is 230 g/mol. The zero-order valence-electron chi connectivity index (χ0n) is 7.75. The normalized spacial score (nSPS) is 18.4. The molecule has 0 amide bonds. The molecule has 0 saturated carbocycles. The first-order chi connectivity index (χ1) is 6.79. The Bertz CT molecular complexity index is 331. The largest absolute Gasteiger partial charge is 0.317 e. The van der Waals surface area contributed by atoms with Gasteiger partial charge in [0.05, 0.1) is 9.90 Å². The minimum atomic E-state index is 0.174. The number of nitrogens with one attached hydrogen (secondary N) is 1. The fraction of sp³-hybridized carbons (Fsp3) is 0.500. The van der Waals surface area contributed by atoms with Gasteiger partial charge >= 0.3 is 0 Å². The maximum absolute atomic E-state index is 12.0. The van der Waals surface area contributed by atoms with Crippen LogP contribution in [0.4, 0.5) is 0 Å². The maximum atomic E-state index is 12.0. The molecule has 0 atom stereocenters. The van der Waals surface area contributed by atoms with E-state index in [1.54, 1.807) is 6.07 Å². The standard InChI is InChI=1S/C10H12ClNOS/c11-8-3-6-14-10(8)9(13)7-1-4-12-5-2-7/h3,6-7,12H,1-2,4-5H2. The third kappa shape index (κ3) is 2.00. The topological polar surface area (TPSA) is 29.1 Å². The summed E-state index contributed by atoms with van der Waals surface area (Å²) in [5.41, 5.74) is 0. The molecule has 1 N–H and O–H groups in total. The number of halogens is 1. The van der Waals surface area contributed by atoms with Crippen LogP contribution in [-0.2, 0) is 0 Å². The molecule has 2 nitrogen and oxygen atoms in total. The van der Waals surface area contributed by atoms with Crippen LogP contribution in [-0.4, -0.2) is 18.9 Å². The molecule has 76 valence electrons. The third-order valence-corrected chi connectivity index (χ3v) is 3.91. The van der Waals surface area contributed by atoms with Crippen molar-refractivity contribution in [2.45, 2.75) is 12.8 Å². The highest BCUT2D eigenvalue weighted by Crippen LogP contribution is 2.27. The lowest BCUT2D eigenvalue weighted by Crippen LogP contribution is -2.31. The molecule has 1 aromatic heterocycles. The highest BCUT2D eigenvalue weighted by Gasteiger charge is 2.24.